The molecule has 22 heavy (non-hydrogen) atoms. The molecule has 1 saturated heterocycles. The molecule has 0 saturated carbocycles. The first kappa shape index (κ1) is 13.4. The number of benzene rings is 1. The van der Waals surface area contributed by atoms with Gasteiger partial charge < -0.3 is 9.47 Å². The van der Waals surface area contributed by atoms with Crippen molar-refractivity contribution in [3.8, 4) is 11.5 Å². The highest BCUT2D eigenvalue weighted by molar-refractivity contribution is 6.05. The van der Waals surface area contributed by atoms with Gasteiger partial charge in [0.25, 0.3) is 0 Å². The van der Waals surface area contributed by atoms with E-state index in [1.807, 2.05) is 36.4 Å². The van der Waals surface area contributed by atoms with E-state index in [2.05, 4.69) is 0 Å². The highest BCUT2D eigenvalue weighted by atomic mass is 16.6. The van der Waals surface area contributed by atoms with Gasteiger partial charge in [-0.15, -0.1) is 0 Å². The Hall–Kier alpha value is -2.30. The zero-order chi connectivity index (χ0) is 15.1. The number of amides is 2. The predicted octanol–water partition coefficient (Wildman–Crippen LogP) is 1.78. The van der Waals surface area contributed by atoms with Gasteiger partial charge in [-0.25, -0.2) is 0 Å². The second-order valence-electron chi connectivity index (χ2n) is 5.94. The number of carbonyl (C=O) groups is 2. The Morgan fingerprint density at radius 3 is 2.32 bits per heavy atom. The predicted molar refractivity (Wildman–Crippen MR) is 78.4 cm³/mol. The fraction of sp³-hybridized carbons (Fsp3) is 0.412. The quantitative estimate of drug-likeness (QED) is 0.617. The lowest BCUT2D eigenvalue weighted by Gasteiger charge is -2.29. The monoisotopic (exact) mass is 299 g/mol. The number of hydrogen-bond acceptors (Lipinski definition) is 4. The first-order valence-corrected chi connectivity index (χ1v) is 7.63. The number of para-hydroxylation sites is 2. The zero-order valence-corrected chi connectivity index (χ0v) is 12.1. The Kier molecular flexibility index (Phi) is 3.13. The van der Waals surface area contributed by atoms with Crippen molar-refractivity contribution in [2.45, 2.75) is 18.9 Å². The number of ether oxygens (including phenoxy) is 2. The molecule has 2 aliphatic heterocycles. The number of fused-ring (bicyclic) bond motifs is 2. The van der Waals surface area contributed by atoms with Crippen LogP contribution in [0.5, 0.6) is 11.5 Å². The summed E-state index contributed by atoms with van der Waals surface area (Å²) in [5.74, 6) is 0.861. The lowest BCUT2D eigenvalue weighted by atomic mass is 9.85. The van der Waals surface area contributed by atoms with E-state index in [-0.39, 0.29) is 36.3 Å². The summed E-state index contributed by atoms with van der Waals surface area (Å²) in [6.07, 6.45) is 5.00. The van der Waals surface area contributed by atoms with Gasteiger partial charge in [-0.05, 0) is 25.0 Å². The van der Waals surface area contributed by atoms with Crippen LogP contribution in [0.3, 0.4) is 0 Å². The second-order valence-corrected chi connectivity index (χ2v) is 5.94. The van der Waals surface area contributed by atoms with E-state index in [9.17, 15) is 9.59 Å². The van der Waals surface area contributed by atoms with Gasteiger partial charge in [0.2, 0.25) is 11.8 Å². The number of imide groups is 1. The summed E-state index contributed by atoms with van der Waals surface area (Å²) in [7, 11) is 0. The van der Waals surface area contributed by atoms with Gasteiger partial charge in [0.1, 0.15) is 6.61 Å². The third-order valence-electron chi connectivity index (χ3n) is 4.55. The minimum Gasteiger partial charge on any atom is -0.486 e. The molecule has 0 bridgehead atoms. The van der Waals surface area contributed by atoms with Crippen LogP contribution in [0.25, 0.3) is 0 Å². The van der Waals surface area contributed by atoms with Crippen LogP contribution in [0.15, 0.2) is 36.4 Å². The molecule has 1 fully saturated rings. The molecule has 4 rings (SSSR count). The third-order valence-corrected chi connectivity index (χ3v) is 4.55. The average Bonchev–Trinajstić information content (AvgIpc) is 2.80. The molecule has 0 spiro atoms. The molecule has 0 N–H and O–H groups in total. The van der Waals surface area contributed by atoms with Crippen molar-refractivity contribution in [3.63, 3.8) is 0 Å². The molecule has 1 aliphatic carbocycles. The standard InChI is InChI=1S/C17H17NO4/c19-16-12-5-1-2-6-13(12)17(20)18(16)9-11-10-21-14-7-3-4-8-15(14)22-11/h1-4,7-8,11-13H,5-6,9-10H2/t11-,12+,13+/m0/s1. The fourth-order valence-corrected chi connectivity index (χ4v) is 3.41. The SMILES string of the molecule is O=C1[C@@H]2CC=CC[C@H]2C(=O)N1C[C@H]1COc2ccccc2O1. The summed E-state index contributed by atoms with van der Waals surface area (Å²) in [6.45, 7) is 0.612. The van der Waals surface area contributed by atoms with E-state index in [1.54, 1.807) is 0 Å². The summed E-state index contributed by atoms with van der Waals surface area (Å²) in [5, 5.41) is 0. The van der Waals surface area contributed by atoms with E-state index >= 15 is 0 Å². The van der Waals surface area contributed by atoms with E-state index in [0.717, 1.165) is 0 Å². The molecule has 1 aromatic rings. The summed E-state index contributed by atoms with van der Waals surface area (Å²) >= 11 is 0. The lowest BCUT2D eigenvalue weighted by Crippen LogP contribution is -2.44. The van der Waals surface area contributed by atoms with Crippen molar-refractivity contribution in [1.82, 2.24) is 4.90 Å². The minimum atomic E-state index is -0.309. The summed E-state index contributed by atoms with van der Waals surface area (Å²) < 4.78 is 11.5. The largest absolute Gasteiger partial charge is 0.486 e. The van der Waals surface area contributed by atoms with E-state index in [0.29, 0.717) is 30.9 Å². The van der Waals surface area contributed by atoms with Crippen molar-refractivity contribution in [3.05, 3.63) is 36.4 Å². The molecular weight excluding hydrogens is 282 g/mol. The molecule has 114 valence electrons. The maximum atomic E-state index is 12.4. The second kappa shape index (κ2) is 5.16. The normalized spacial score (nSPS) is 29.6. The maximum Gasteiger partial charge on any atom is 0.233 e. The Bertz CT molecular complexity index is 628. The fourth-order valence-electron chi connectivity index (χ4n) is 3.41. The smallest absolute Gasteiger partial charge is 0.233 e. The maximum absolute atomic E-state index is 12.4. The number of carbonyl (C=O) groups excluding carboxylic acids is 2. The van der Waals surface area contributed by atoms with Gasteiger partial charge in [0.15, 0.2) is 17.6 Å². The molecule has 3 atom stereocenters. The Balaban J connectivity index is 1.48. The number of likely N-dealkylation sites (tertiary alicyclic amines) is 1. The van der Waals surface area contributed by atoms with Gasteiger partial charge in [-0.1, -0.05) is 24.3 Å². The van der Waals surface area contributed by atoms with E-state index < -0.39 is 0 Å². The summed E-state index contributed by atoms with van der Waals surface area (Å²) in [4.78, 5) is 26.3. The third kappa shape index (κ3) is 2.08. The van der Waals surface area contributed by atoms with Crippen molar-refractivity contribution in [2.75, 3.05) is 13.2 Å². The Morgan fingerprint density at radius 1 is 1.00 bits per heavy atom. The molecule has 2 heterocycles. The molecule has 0 radical (unpaired) electrons. The Labute approximate surface area is 128 Å². The van der Waals surface area contributed by atoms with E-state index in [1.165, 1.54) is 4.90 Å². The van der Waals surface area contributed by atoms with Crippen molar-refractivity contribution < 1.29 is 19.1 Å². The summed E-state index contributed by atoms with van der Waals surface area (Å²) in [6, 6.07) is 7.43. The average molecular weight is 299 g/mol. The summed E-state index contributed by atoms with van der Waals surface area (Å²) in [5.41, 5.74) is 0. The molecule has 5 nitrogen and oxygen atoms in total. The van der Waals surface area contributed by atoms with Crippen LogP contribution in [0.2, 0.25) is 0 Å². The van der Waals surface area contributed by atoms with Crippen molar-refractivity contribution >= 4 is 11.8 Å². The van der Waals surface area contributed by atoms with Crippen LogP contribution < -0.4 is 9.47 Å². The topological polar surface area (TPSA) is 55.8 Å². The van der Waals surface area contributed by atoms with Gasteiger partial charge in [0, 0.05) is 0 Å². The van der Waals surface area contributed by atoms with Crippen LogP contribution in [-0.4, -0.2) is 36.0 Å². The molecule has 1 aromatic carbocycles. The van der Waals surface area contributed by atoms with E-state index in [4.69, 9.17) is 9.47 Å². The van der Waals surface area contributed by atoms with Gasteiger partial charge in [-0.3, -0.25) is 14.5 Å². The molecule has 3 aliphatic rings. The van der Waals surface area contributed by atoms with Gasteiger partial charge in [-0.2, -0.15) is 0 Å². The lowest BCUT2D eigenvalue weighted by molar-refractivity contribution is -0.141. The molecule has 2 amide bonds. The number of rotatable bonds is 2. The van der Waals surface area contributed by atoms with Crippen LogP contribution in [0.1, 0.15) is 12.8 Å². The molecular formula is C17H17NO4. The number of allylic oxidation sites excluding steroid dienone is 2. The first-order chi connectivity index (χ1) is 10.7. The van der Waals surface area contributed by atoms with Crippen LogP contribution in [-0.2, 0) is 9.59 Å². The van der Waals surface area contributed by atoms with Crippen LogP contribution in [0.4, 0.5) is 0 Å². The highest BCUT2D eigenvalue weighted by Crippen LogP contribution is 2.36. The first-order valence-electron chi connectivity index (χ1n) is 7.63. The highest BCUT2D eigenvalue weighted by Gasteiger charge is 2.48. The molecule has 0 aromatic heterocycles. The number of nitrogens with zero attached hydrogens (tertiary/aromatic N) is 1. The molecule has 5 heteroatoms. The van der Waals surface area contributed by atoms with Crippen LogP contribution in [0, 0.1) is 11.8 Å². The number of hydrogen-bond donors (Lipinski definition) is 0. The van der Waals surface area contributed by atoms with Crippen LogP contribution >= 0.6 is 0 Å². The zero-order valence-electron chi connectivity index (χ0n) is 12.1. The van der Waals surface area contributed by atoms with Crippen molar-refractivity contribution in [1.29, 1.82) is 0 Å². The van der Waals surface area contributed by atoms with Gasteiger partial charge in [0.05, 0.1) is 18.4 Å². The Morgan fingerprint density at radius 2 is 1.64 bits per heavy atom. The van der Waals surface area contributed by atoms with Crippen molar-refractivity contribution in [2.24, 2.45) is 11.8 Å². The van der Waals surface area contributed by atoms with Gasteiger partial charge >= 0.3 is 0 Å². The molecule has 0 unspecified atom stereocenters. The minimum absolute atomic E-state index is 0.0678.